The number of carbonyl (C=O) groups excluding carboxylic acids is 1. The first-order valence-electron chi connectivity index (χ1n) is 8.25. The predicted octanol–water partition coefficient (Wildman–Crippen LogP) is 2.35. The molecule has 0 fully saturated rings. The predicted molar refractivity (Wildman–Crippen MR) is 105 cm³/mol. The van der Waals surface area contributed by atoms with Crippen LogP contribution >= 0.6 is 0 Å². The molecule has 2 aromatic rings. The van der Waals surface area contributed by atoms with Crippen LogP contribution in [0.1, 0.15) is 18.0 Å². The molecule has 0 heterocycles. The van der Waals surface area contributed by atoms with E-state index < -0.39 is 16.1 Å². The van der Waals surface area contributed by atoms with E-state index in [1.807, 2.05) is 0 Å². The molecule has 0 saturated carbocycles. The number of sulfonamides is 1. The molecule has 0 aliphatic heterocycles. The summed E-state index contributed by atoms with van der Waals surface area (Å²) in [4.78, 5) is 14.2. The number of carbonyl (C=O) groups is 1. The Morgan fingerprint density at radius 1 is 1.07 bits per heavy atom. The Hall–Kier alpha value is -2.58. The molecule has 7 nitrogen and oxygen atoms in total. The number of nitrogens with one attached hydrogen (secondary N) is 1. The van der Waals surface area contributed by atoms with Gasteiger partial charge in [0.15, 0.2) is 0 Å². The van der Waals surface area contributed by atoms with Crippen LogP contribution in [0.15, 0.2) is 48.5 Å². The molecule has 8 heteroatoms. The Bertz CT molecular complexity index is 881. The van der Waals surface area contributed by atoms with E-state index in [-0.39, 0.29) is 12.3 Å². The van der Waals surface area contributed by atoms with Gasteiger partial charge in [0.25, 0.3) is 0 Å². The number of benzene rings is 2. The molecule has 1 N–H and O–H groups in total. The molecular formula is C19H24N2O5S. The summed E-state index contributed by atoms with van der Waals surface area (Å²) in [5.41, 5.74) is 1.33. The van der Waals surface area contributed by atoms with E-state index in [2.05, 4.69) is 4.72 Å². The van der Waals surface area contributed by atoms with Crippen molar-refractivity contribution in [3.05, 3.63) is 54.1 Å². The zero-order valence-electron chi connectivity index (χ0n) is 15.8. The number of anilines is 1. The van der Waals surface area contributed by atoms with Crippen molar-refractivity contribution >= 4 is 21.6 Å². The van der Waals surface area contributed by atoms with Crippen molar-refractivity contribution in [1.29, 1.82) is 0 Å². The van der Waals surface area contributed by atoms with Gasteiger partial charge in [0, 0.05) is 25.2 Å². The van der Waals surface area contributed by atoms with E-state index in [4.69, 9.17) is 9.47 Å². The first-order valence-corrected chi connectivity index (χ1v) is 10.1. The number of ether oxygens (including phenoxy) is 2. The van der Waals surface area contributed by atoms with Crippen molar-refractivity contribution in [2.75, 3.05) is 32.4 Å². The third kappa shape index (κ3) is 5.97. The quantitative estimate of drug-likeness (QED) is 0.745. The van der Waals surface area contributed by atoms with E-state index in [1.54, 1.807) is 69.8 Å². The summed E-state index contributed by atoms with van der Waals surface area (Å²) < 4.78 is 36.4. The van der Waals surface area contributed by atoms with Crippen molar-refractivity contribution in [2.45, 2.75) is 12.5 Å². The first kappa shape index (κ1) is 20.7. The minimum Gasteiger partial charge on any atom is -0.497 e. The summed E-state index contributed by atoms with van der Waals surface area (Å²) >= 11 is 0. The molecule has 0 bridgehead atoms. The zero-order chi connectivity index (χ0) is 20.0. The lowest BCUT2D eigenvalue weighted by atomic mass is 10.0. The fourth-order valence-corrected chi connectivity index (χ4v) is 3.33. The van der Waals surface area contributed by atoms with Gasteiger partial charge >= 0.3 is 0 Å². The molecule has 2 rings (SSSR count). The minimum atomic E-state index is -3.51. The second-order valence-electron chi connectivity index (χ2n) is 6.07. The van der Waals surface area contributed by atoms with E-state index in [0.717, 1.165) is 6.26 Å². The Morgan fingerprint density at radius 2 is 1.70 bits per heavy atom. The van der Waals surface area contributed by atoms with Crippen LogP contribution < -0.4 is 19.1 Å². The number of methoxy groups -OCH3 is 2. The van der Waals surface area contributed by atoms with Crippen LogP contribution in [0.25, 0.3) is 0 Å². The Kier molecular flexibility index (Phi) is 6.81. The lowest BCUT2D eigenvalue weighted by Crippen LogP contribution is -2.34. The van der Waals surface area contributed by atoms with E-state index in [1.165, 1.54) is 4.90 Å². The van der Waals surface area contributed by atoms with Gasteiger partial charge in [0.1, 0.15) is 11.5 Å². The van der Waals surface area contributed by atoms with Gasteiger partial charge in [-0.05, 0) is 29.8 Å². The highest BCUT2D eigenvalue weighted by Gasteiger charge is 2.22. The van der Waals surface area contributed by atoms with Gasteiger partial charge in [0.2, 0.25) is 15.9 Å². The highest BCUT2D eigenvalue weighted by molar-refractivity contribution is 7.88. The molecule has 27 heavy (non-hydrogen) atoms. The van der Waals surface area contributed by atoms with E-state index in [9.17, 15) is 13.2 Å². The molecule has 0 unspecified atom stereocenters. The van der Waals surface area contributed by atoms with Crippen molar-refractivity contribution in [1.82, 2.24) is 4.72 Å². The third-order valence-corrected chi connectivity index (χ3v) is 4.78. The van der Waals surface area contributed by atoms with Crippen molar-refractivity contribution in [3.63, 3.8) is 0 Å². The SMILES string of the molecule is COc1ccc([C@@H](CC(=O)N(C)c2cccc(OC)c2)NS(C)(=O)=O)cc1. The third-order valence-electron chi connectivity index (χ3n) is 4.07. The molecule has 0 aromatic heterocycles. The van der Waals surface area contributed by atoms with Gasteiger partial charge in [-0.25, -0.2) is 13.1 Å². The summed E-state index contributed by atoms with van der Waals surface area (Å²) in [6, 6.07) is 13.3. The maximum atomic E-state index is 12.8. The Balaban J connectivity index is 2.23. The first-order chi connectivity index (χ1) is 12.7. The van der Waals surface area contributed by atoms with Crippen molar-refractivity contribution in [2.24, 2.45) is 0 Å². The largest absolute Gasteiger partial charge is 0.497 e. The van der Waals surface area contributed by atoms with Crippen LogP contribution in [-0.4, -0.2) is 41.8 Å². The highest BCUT2D eigenvalue weighted by Crippen LogP contribution is 2.25. The molecule has 146 valence electrons. The number of amides is 1. The standard InChI is InChI=1S/C19H24N2O5S/c1-21(15-6-5-7-17(12-15)26-3)19(22)13-18(20-27(4,23)24)14-8-10-16(25-2)11-9-14/h5-12,18,20H,13H2,1-4H3/t18-/m1/s1. The van der Waals surface area contributed by atoms with Gasteiger partial charge in [-0.15, -0.1) is 0 Å². The zero-order valence-corrected chi connectivity index (χ0v) is 16.6. The normalized spacial score (nSPS) is 12.3. The van der Waals surface area contributed by atoms with Gasteiger partial charge in [-0.3, -0.25) is 4.79 Å². The number of rotatable bonds is 8. The number of hydrogen-bond donors (Lipinski definition) is 1. The second-order valence-corrected chi connectivity index (χ2v) is 7.85. The molecule has 0 saturated heterocycles. The Labute approximate surface area is 160 Å². The van der Waals surface area contributed by atoms with Crippen LogP contribution in [0.4, 0.5) is 5.69 Å². The van der Waals surface area contributed by atoms with Crippen LogP contribution in [-0.2, 0) is 14.8 Å². The topological polar surface area (TPSA) is 84.9 Å². The Morgan fingerprint density at radius 3 is 2.26 bits per heavy atom. The summed E-state index contributed by atoms with van der Waals surface area (Å²) in [6.45, 7) is 0. The molecule has 1 amide bonds. The maximum absolute atomic E-state index is 12.8. The molecule has 1 atom stereocenters. The summed E-state index contributed by atoms with van der Waals surface area (Å²) in [7, 11) is 1.24. The van der Waals surface area contributed by atoms with Crippen molar-refractivity contribution in [3.8, 4) is 11.5 Å². The van der Waals surface area contributed by atoms with Gasteiger partial charge in [-0.1, -0.05) is 18.2 Å². The highest BCUT2D eigenvalue weighted by atomic mass is 32.2. The molecule has 0 radical (unpaired) electrons. The van der Waals surface area contributed by atoms with Crippen molar-refractivity contribution < 1.29 is 22.7 Å². The average molecular weight is 392 g/mol. The van der Waals surface area contributed by atoms with E-state index in [0.29, 0.717) is 22.7 Å². The van der Waals surface area contributed by atoms with Crippen LogP contribution in [0.2, 0.25) is 0 Å². The van der Waals surface area contributed by atoms with Gasteiger partial charge in [-0.2, -0.15) is 0 Å². The van der Waals surface area contributed by atoms with E-state index >= 15 is 0 Å². The molecule has 0 spiro atoms. The number of hydrogen-bond acceptors (Lipinski definition) is 5. The lowest BCUT2D eigenvalue weighted by molar-refractivity contribution is -0.118. The van der Waals surface area contributed by atoms with Crippen LogP contribution in [0.5, 0.6) is 11.5 Å². The van der Waals surface area contributed by atoms with Crippen LogP contribution in [0, 0.1) is 0 Å². The monoisotopic (exact) mass is 392 g/mol. The fourth-order valence-electron chi connectivity index (χ4n) is 2.60. The molecule has 2 aromatic carbocycles. The van der Waals surface area contributed by atoms with Gasteiger partial charge < -0.3 is 14.4 Å². The van der Waals surface area contributed by atoms with Crippen LogP contribution in [0.3, 0.4) is 0 Å². The smallest absolute Gasteiger partial charge is 0.228 e. The summed E-state index contributed by atoms with van der Waals surface area (Å²) in [6.07, 6.45) is 1.03. The summed E-state index contributed by atoms with van der Waals surface area (Å²) in [5, 5.41) is 0. The average Bonchev–Trinajstić information content (AvgIpc) is 2.65. The second kappa shape index (κ2) is 8.88. The molecule has 0 aliphatic rings. The summed E-state index contributed by atoms with van der Waals surface area (Å²) in [5.74, 6) is 1.05. The lowest BCUT2D eigenvalue weighted by Gasteiger charge is -2.23. The molecular weight excluding hydrogens is 368 g/mol. The fraction of sp³-hybridized carbons (Fsp3) is 0.316. The molecule has 0 aliphatic carbocycles. The minimum absolute atomic E-state index is 0.0346. The number of nitrogens with zero attached hydrogens (tertiary/aromatic N) is 1. The maximum Gasteiger partial charge on any atom is 0.228 e. The van der Waals surface area contributed by atoms with Gasteiger partial charge in [0.05, 0.1) is 26.5 Å².